The van der Waals surface area contributed by atoms with E-state index in [1.54, 1.807) is 0 Å². The fraction of sp³-hybridized carbons (Fsp3) is 1.00. The number of aliphatic hydroxyl groups is 4. The van der Waals surface area contributed by atoms with Gasteiger partial charge in [-0.05, 0) is 12.8 Å². The molecule has 0 aliphatic carbocycles. The SMILES string of the molecule is CCCCCCCCC(OC(CCCCCCCC)C(O)CO)C(O)CO. The van der Waals surface area contributed by atoms with Gasteiger partial charge in [0.05, 0.1) is 25.4 Å². The van der Waals surface area contributed by atoms with E-state index in [-0.39, 0.29) is 13.2 Å². The van der Waals surface area contributed by atoms with Gasteiger partial charge in [-0.25, -0.2) is 0 Å². The van der Waals surface area contributed by atoms with Gasteiger partial charge in [-0.3, -0.25) is 0 Å². The molecule has 0 fully saturated rings. The number of aliphatic hydroxyl groups excluding tert-OH is 4. The van der Waals surface area contributed by atoms with E-state index in [0.29, 0.717) is 12.8 Å². The van der Waals surface area contributed by atoms with E-state index in [9.17, 15) is 20.4 Å². The molecule has 4 atom stereocenters. The highest BCUT2D eigenvalue weighted by Crippen LogP contribution is 2.20. The molecule has 0 aromatic rings. The fourth-order valence-electron chi connectivity index (χ4n) is 3.41. The fourth-order valence-corrected chi connectivity index (χ4v) is 3.41. The summed E-state index contributed by atoms with van der Waals surface area (Å²) in [4.78, 5) is 0. The van der Waals surface area contributed by atoms with E-state index in [1.165, 1.54) is 51.4 Å². The zero-order chi connectivity index (χ0) is 20.3. The van der Waals surface area contributed by atoms with Crippen LogP contribution in [0, 0.1) is 0 Å². The first-order valence-corrected chi connectivity index (χ1v) is 11.3. The second kappa shape index (κ2) is 19.1. The summed E-state index contributed by atoms with van der Waals surface area (Å²) >= 11 is 0. The first kappa shape index (κ1) is 26.8. The summed E-state index contributed by atoms with van der Waals surface area (Å²) in [5.74, 6) is 0. The smallest absolute Gasteiger partial charge is 0.103 e. The van der Waals surface area contributed by atoms with Gasteiger partial charge >= 0.3 is 0 Å². The number of hydrogen-bond donors (Lipinski definition) is 4. The van der Waals surface area contributed by atoms with Gasteiger partial charge in [0.2, 0.25) is 0 Å². The summed E-state index contributed by atoms with van der Waals surface area (Å²) in [6, 6.07) is 0. The molecular formula is C22H46O5. The van der Waals surface area contributed by atoms with Gasteiger partial charge in [0, 0.05) is 0 Å². The molecule has 0 saturated carbocycles. The Morgan fingerprint density at radius 2 is 0.889 bits per heavy atom. The van der Waals surface area contributed by atoms with Crippen LogP contribution in [0.15, 0.2) is 0 Å². The monoisotopic (exact) mass is 390 g/mol. The Morgan fingerprint density at radius 1 is 0.556 bits per heavy atom. The van der Waals surface area contributed by atoms with Gasteiger partial charge < -0.3 is 25.2 Å². The van der Waals surface area contributed by atoms with Crippen LogP contribution in [0.25, 0.3) is 0 Å². The van der Waals surface area contributed by atoms with Crippen molar-refractivity contribution in [2.75, 3.05) is 13.2 Å². The average molecular weight is 391 g/mol. The number of hydrogen-bond acceptors (Lipinski definition) is 5. The van der Waals surface area contributed by atoms with Crippen LogP contribution in [0.5, 0.6) is 0 Å². The Bertz CT molecular complexity index is 272. The molecular weight excluding hydrogens is 344 g/mol. The second-order valence-corrected chi connectivity index (χ2v) is 7.83. The zero-order valence-corrected chi connectivity index (χ0v) is 17.8. The standard InChI is InChI=1S/C22H46O5/c1-3-5-7-9-11-13-15-21(19(25)17-23)27-22(20(26)18-24)16-14-12-10-8-6-4-2/h19-26H,3-18H2,1-2H3. The van der Waals surface area contributed by atoms with Gasteiger partial charge in [-0.15, -0.1) is 0 Å². The van der Waals surface area contributed by atoms with E-state index in [4.69, 9.17) is 4.74 Å². The van der Waals surface area contributed by atoms with Crippen LogP contribution >= 0.6 is 0 Å². The molecule has 0 radical (unpaired) electrons. The number of unbranched alkanes of at least 4 members (excludes halogenated alkanes) is 10. The molecule has 0 aliphatic heterocycles. The Kier molecular flexibility index (Phi) is 19.0. The Hall–Kier alpha value is -0.200. The molecule has 0 saturated heterocycles. The number of ether oxygens (including phenoxy) is 1. The predicted octanol–water partition coefficient (Wildman–Crippen LogP) is 3.95. The van der Waals surface area contributed by atoms with Crippen LogP contribution in [0.3, 0.4) is 0 Å². The molecule has 0 amide bonds. The van der Waals surface area contributed by atoms with Crippen molar-refractivity contribution < 1.29 is 25.2 Å². The lowest BCUT2D eigenvalue weighted by atomic mass is 10.0. The van der Waals surface area contributed by atoms with E-state index in [2.05, 4.69) is 13.8 Å². The molecule has 5 nitrogen and oxygen atoms in total. The summed E-state index contributed by atoms with van der Waals surface area (Å²) in [6.07, 6.45) is 12.2. The quantitative estimate of drug-likeness (QED) is 0.236. The molecule has 0 rings (SSSR count). The van der Waals surface area contributed by atoms with Crippen LogP contribution < -0.4 is 0 Å². The maximum atomic E-state index is 10.1. The minimum Gasteiger partial charge on any atom is -0.394 e. The van der Waals surface area contributed by atoms with E-state index in [1.807, 2.05) is 0 Å². The molecule has 0 bridgehead atoms. The minimum atomic E-state index is -0.946. The molecule has 4 N–H and O–H groups in total. The highest BCUT2D eigenvalue weighted by atomic mass is 16.5. The molecule has 0 aliphatic rings. The molecule has 5 heteroatoms. The van der Waals surface area contributed by atoms with Crippen LogP contribution in [-0.2, 0) is 4.74 Å². The van der Waals surface area contributed by atoms with Gasteiger partial charge in [0.25, 0.3) is 0 Å². The largest absolute Gasteiger partial charge is 0.394 e. The van der Waals surface area contributed by atoms with Gasteiger partial charge in [-0.2, -0.15) is 0 Å². The van der Waals surface area contributed by atoms with E-state index in [0.717, 1.165) is 25.7 Å². The maximum absolute atomic E-state index is 10.1. The van der Waals surface area contributed by atoms with Crippen molar-refractivity contribution in [1.82, 2.24) is 0 Å². The Labute approximate surface area is 167 Å². The molecule has 4 unspecified atom stereocenters. The topological polar surface area (TPSA) is 90.2 Å². The summed E-state index contributed by atoms with van der Waals surface area (Å²) in [5, 5.41) is 38.9. The summed E-state index contributed by atoms with van der Waals surface area (Å²) in [6.45, 7) is 3.69. The first-order chi connectivity index (χ1) is 13.1. The maximum Gasteiger partial charge on any atom is 0.103 e. The second-order valence-electron chi connectivity index (χ2n) is 7.83. The summed E-state index contributed by atoms with van der Waals surface area (Å²) in [7, 11) is 0. The minimum absolute atomic E-state index is 0.348. The molecule has 164 valence electrons. The van der Waals surface area contributed by atoms with Crippen molar-refractivity contribution in [3.05, 3.63) is 0 Å². The first-order valence-electron chi connectivity index (χ1n) is 11.3. The lowest BCUT2D eigenvalue weighted by Gasteiger charge is -2.30. The summed E-state index contributed by atoms with van der Waals surface area (Å²) < 4.78 is 5.99. The zero-order valence-electron chi connectivity index (χ0n) is 17.8. The third-order valence-electron chi connectivity index (χ3n) is 5.27. The number of rotatable bonds is 20. The highest BCUT2D eigenvalue weighted by molar-refractivity contribution is 4.75. The lowest BCUT2D eigenvalue weighted by molar-refractivity contribution is -0.137. The van der Waals surface area contributed by atoms with Crippen LogP contribution in [0.1, 0.15) is 104 Å². The van der Waals surface area contributed by atoms with E-state index >= 15 is 0 Å². The van der Waals surface area contributed by atoms with Crippen molar-refractivity contribution in [2.45, 2.75) is 128 Å². The van der Waals surface area contributed by atoms with Crippen LogP contribution in [-0.4, -0.2) is 58.1 Å². The molecule has 0 aromatic heterocycles. The lowest BCUT2D eigenvalue weighted by Crippen LogP contribution is -2.41. The van der Waals surface area contributed by atoms with E-state index < -0.39 is 24.4 Å². The van der Waals surface area contributed by atoms with Gasteiger partial charge in [-0.1, -0.05) is 90.9 Å². The Balaban J connectivity index is 4.39. The Morgan fingerprint density at radius 3 is 1.22 bits per heavy atom. The van der Waals surface area contributed by atoms with Crippen molar-refractivity contribution in [1.29, 1.82) is 0 Å². The van der Waals surface area contributed by atoms with Crippen LogP contribution in [0.4, 0.5) is 0 Å². The molecule has 0 heterocycles. The van der Waals surface area contributed by atoms with Crippen molar-refractivity contribution in [2.24, 2.45) is 0 Å². The third kappa shape index (κ3) is 14.5. The van der Waals surface area contributed by atoms with Crippen molar-refractivity contribution in [3.8, 4) is 0 Å². The molecule has 0 spiro atoms. The molecule has 0 aromatic carbocycles. The summed E-state index contributed by atoms with van der Waals surface area (Å²) in [5.41, 5.74) is 0. The molecule has 27 heavy (non-hydrogen) atoms. The van der Waals surface area contributed by atoms with Gasteiger partial charge in [0.1, 0.15) is 12.2 Å². The van der Waals surface area contributed by atoms with Gasteiger partial charge in [0.15, 0.2) is 0 Å². The average Bonchev–Trinajstić information content (AvgIpc) is 2.69. The predicted molar refractivity (Wildman–Crippen MR) is 111 cm³/mol. The van der Waals surface area contributed by atoms with Crippen LogP contribution in [0.2, 0.25) is 0 Å². The van der Waals surface area contributed by atoms with Crippen molar-refractivity contribution >= 4 is 0 Å². The normalized spacial score (nSPS) is 16.2. The van der Waals surface area contributed by atoms with Crippen molar-refractivity contribution in [3.63, 3.8) is 0 Å². The third-order valence-corrected chi connectivity index (χ3v) is 5.27. The highest BCUT2D eigenvalue weighted by Gasteiger charge is 2.27.